The second-order valence-electron chi connectivity index (χ2n) is 3.37. The molecule has 1 rings (SSSR count). The second-order valence-corrected chi connectivity index (χ2v) is 3.37. The predicted octanol–water partition coefficient (Wildman–Crippen LogP) is 0.615. The second kappa shape index (κ2) is 3.05. The van der Waals surface area contributed by atoms with Gasteiger partial charge in [0.05, 0.1) is 5.60 Å². The van der Waals surface area contributed by atoms with Gasteiger partial charge in [0, 0.05) is 19.0 Å². The van der Waals surface area contributed by atoms with Crippen molar-refractivity contribution >= 4 is 6.21 Å². The first-order valence-electron chi connectivity index (χ1n) is 3.71. The number of hydrogen-bond acceptors (Lipinski definition) is 3. The molecule has 0 saturated carbocycles. The van der Waals surface area contributed by atoms with E-state index in [9.17, 15) is 5.11 Å². The van der Waals surface area contributed by atoms with Gasteiger partial charge in [-0.05, 0) is 19.9 Å². The van der Waals surface area contributed by atoms with Crippen LogP contribution in [0.15, 0.2) is 17.3 Å². The van der Waals surface area contributed by atoms with Gasteiger partial charge in [-0.1, -0.05) is 0 Å². The molecule has 0 radical (unpaired) electrons. The topological polar surface area (TPSA) is 35.8 Å². The van der Waals surface area contributed by atoms with Crippen molar-refractivity contribution in [2.75, 3.05) is 13.2 Å². The zero-order chi connectivity index (χ0) is 8.32. The molecule has 0 unspecified atom stereocenters. The number of aliphatic imine (C=N–C) groups is 1. The summed E-state index contributed by atoms with van der Waals surface area (Å²) >= 11 is 0. The zero-order valence-corrected chi connectivity index (χ0v) is 6.99. The van der Waals surface area contributed by atoms with E-state index in [0.717, 1.165) is 0 Å². The summed E-state index contributed by atoms with van der Waals surface area (Å²) in [4.78, 5) is 6.02. The fourth-order valence-electron chi connectivity index (χ4n) is 1.02. The van der Waals surface area contributed by atoms with Gasteiger partial charge in [-0.25, -0.2) is 0 Å². The van der Waals surface area contributed by atoms with Crippen LogP contribution in [0.25, 0.3) is 0 Å². The first-order valence-corrected chi connectivity index (χ1v) is 3.71. The molecule has 3 heteroatoms. The number of β-amino-alcohol motifs (C(OH)–C–C–N with tert-alkyl or cyclic N) is 1. The highest BCUT2D eigenvalue weighted by atomic mass is 16.3. The SMILES string of the molecule is CC(C)(O)CN1C=CC=NC1. The average Bonchev–Trinajstić information content (AvgIpc) is 1.85. The molecule has 0 fully saturated rings. The molecule has 0 aromatic carbocycles. The Balaban J connectivity index is 2.39. The minimum Gasteiger partial charge on any atom is -0.389 e. The molecule has 11 heavy (non-hydrogen) atoms. The average molecular weight is 154 g/mol. The molecule has 0 spiro atoms. The highest BCUT2D eigenvalue weighted by Crippen LogP contribution is 2.06. The Bertz CT molecular complexity index is 179. The van der Waals surface area contributed by atoms with Crippen LogP contribution in [0.5, 0.6) is 0 Å². The lowest BCUT2D eigenvalue weighted by atomic mass is 10.1. The number of hydrogen-bond donors (Lipinski definition) is 1. The van der Waals surface area contributed by atoms with Gasteiger partial charge in [0.25, 0.3) is 0 Å². The third-order valence-corrected chi connectivity index (χ3v) is 1.34. The molecule has 1 heterocycles. The van der Waals surface area contributed by atoms with E-state index in [0.29, 0.717) is 13.2 Å². The predicted molar refractivity (Wildman–Crippen MR) is 45.5 cm³/mol. The summed E-state index contributed by atoms with van der Waals surface area (Å²) in [5.41, 5.74) is -0.642. The van der Waals surface area contributed by atoms with Crippen LogP contribution in [0.1, 0.15) is 13.8 Å². The van der Waals surface area contributed by atoms with Crippen molar-refractivity contribution in [1.29, 1.82) is 0 Å². The lowest BCUT2D eigenvalue weighted by Crippen LogP contribution is -2.36. The summed E-state index contributed by atoms with van der Waals surface area (Å²) in [6.45, 7) is 4.86. The zero-order valence-electron chi connectivity index (χ0n) is 6.99. The molecule has 0 amide bonds. The Kier molecular flexibility index (Phi) is 2.29. The third kappa shape index (κ3) is 3.18. The van der Waals surface area contributed by atoms with Crippen LogP contribution in [-0.2, 0) is 0 Å². The van der Waals surface area contributed by atoms with E-state index in [2.05, 4.69) is 4.99 Å². The maximum Gasteiger partial charge on any atom is 0.109 e. The Labute approximate surface area is 67.0 Å². The largest absolute Gasteiger partial charge is 0.389 e. The quantitative estimate of drug-likeness (QED) is 0.632. The van der Waals surface area contributed by atoms with E-state index in [1.165, 1.54) is 0 Å². The summed E-state index contributed by atoms with van der Waals surface area (Å²) in [6, 6.07) is 0. The molecule has 3 nitrogen and oxygen atoms in total. The van der Waals surface area contributed by atoms with Crippen LogP contribution in [0, 0.1) is 0 Å². The fourth-order valence-corrected chi connectivity index (χ4v) is 1.02. The molecule has 1 N–H and O–H groups in total. The number of allylic oxidation sites excluding steroid dienone is 1. The Morgan fingerprint density at radius 3 is 2.82 bits per heavy atom. The maximum atomic E-state index is 9.44. The maximum absolute atomic E-state index is 9.44. The minimum atomic E-state index is -0.642. The van der Waals surface area contributed by atoms with Gasteiger partial charge in [-0.2, -0.15) is 0 Å². The summed E-state index contributed by atoms with van der Waals surface area (Å²) in [5.74, 6) is 0. The van der Waals surface area contributed by atoms with E-state index in [1.54, 1.807) is 20.1 Å². The van der Waals surface area contributed by atoms with Gasteiger partial charge in [-0.15, -0.1) is 0 Å². The van der Waals surface area contributed by atoms with Gasteiger partial charge < -0.3 is 10.0 Å². The van der Waals surface area contributed by atoms with Crippen molar-refractivity contribution in [3.63, 3.8) is 0 Å². The molecule has 62 valence electrons. The molecule has 0 saturated heterocycles. The van der Waals surface area contributed by atoms with Crippen molar-refractivity contribution < 1.29 is 5.11 Å². The number of nitrogens with zero attached hydrogens (tertiary/aromatic N) is 2. The van der Waals surface area contributed by atoms with E-state index in [4.69, 9.17) is 0 Å². The summed E-state index contributed by atoms with van der Waals surface area (Å²) < 4.78 is 0. The van der Waals surface area contributed by atoms with Crippen LogP contribution in [0.4, 0.5) is 0 Å². The summed E-state index contributed by atoms with van der Waals surface area (Å²) in [6.07, 6.45) is 5.57. The Hall–Kier alpha value is -0.830. The summed E-state index contributed by atoms with van der Waals surface area (Å²) in [7, 11) is 0. The van der Waals surface area contributed by atoms with Gasteiger partial charge >= 0.3 is 0 Å². The van der Waals surface area contributed by atoms with Crippen LogP contribution in [-0.4, -0.2) is 35.0 Å². The molecule has 1 aliphatic heterocycles. The molecule has 0 aromatic heterocycles. The monoisotopic (exact) mass is 154 g/mol. The van der Waals surface area contributed by atoms with Crippen molar-refractivity contribution in [2.24, 2.45) is 4.99 Å². The van der Waals surface area contributed by atoms with Crippen LogP contribution in [0.3, 0.4) is 0 Å². The van der Waals surface area contributed by atoms with Crippen LogP contribution >= 0.6 is 0 Å². The van der Waals surface area contributed by atoms with Gasteiger partial charge in [0.1, 0.15) is 6.67 Å². The molecule has 0 aromatic rings. The lowest BCUT2D eigenvalue weighted by molar-refractivity contribution is 0.0511. The molecular weight excluding hydrogens is 140 g/mol. The standard InChI is InChI=1S/C8H14N2O/c1-8(2,11)6-10-5-3-4-9-7-10/h3-5,11H,6-7H2,1-2H3. The first kappa shape index (κ1) is 8.27. The lowest BCUT2D eigenvalue weighted by Gasteiger charge is -2.27. The Morgan fingerprint density at radius 1 is 1.64 bits per heavy atom. The van der Waals surface area contributed by atoms with Crippen LogP contribution in [0.2, 0.25) is 0 Å². The highest BCUT2D eigenvalue weighted by molar-refractivity contribution is 5.71. The van der Waals surface area contributed by atoms with Gasteiger partial charge in [0.2, 0.25) is 0 Å². The molecule has 0 atom stereocenters. The molecule has 1 aliphatic rings. The number of aliphatic hydroxyl groups is 1. The third-order valence-electron chi connectivity index (χ3n) is 1.34. The van der Waals surface area contributed by atoms with Crippen molar-refractivity contribution in [3.8, 4) is 0 Å². The van der Waals surface area contributed by atoms with Crippen molar-refractivity contribution in [1.82, 2.24) is 4.90 Å². The smallest absolute Gasteiger partial charge is 0.109 e. The van der Waals surface area contributed by atoms with Gasteiger partial charge in [-0.3, -0.25) is 4.99 Å². The van der Waals surface area contributed by atoms with Gasteiger partial charge in [0.15, 0.2) is 0 Å². The molecular formula is C8H14N2O. The highest BCUT2D eigenvalue weighted by Gasteiger charge is 2.15. The fraction of sp³-hybridized carbons (Fsp3) is 0.625. The van der Waals surface area contributed by atoms with E-state index in [1.807, 2.05) is 17.2 Å². The first-order chi connectivity index (χ1) is 5.08. The number of rotatable bonds is 2. The van der Waals surface area contributed by atoms with Crippen molar-refractivity contribution in [3.05, 3.63) is 12.3 Å². The summed E-state index contributed by atoms with van der Waals surface area (Å²) in [5, 5.41) is 9.44. The molecule has 0 bridgehead atoms. The molecule has 0 aliphatic carbocycles. The van der Waals surface area contributed by atoms with E-state index in [-0.39, 0.29) is 0 Å². The van der Waals surface area contributed by atoms with Crippen molar-refractivity contribution in [2.45, 2.75) is 19.4 Å². The Morgan fingerprint density at radius 2 is 2.36 bits per heavy atom. The minimum absolute atomic E-state index is 0.626. The van der Waals surface area contributed by atoms with E-state index < -0.39 is 5.60 Å². The van der Waals surface area contributed by atoms with E-state index >= 15 is 0 Å². The normalized spacial score (nSPS) is 17.5. The van der Waals surface area contributed by atoms with Crippen LogP contribution < -0.4 is 0 Å².